The molecule has 6 nitrogen and oxygen atoms in total. The predicted octanol–water partition coefficient (Wildman–Crippen LogP) is 2.90. The van der Waals surface area contributed by atoms with E-state index in [2.05, 4.69) is 4.98 Å². The zero-order valence-electron chi connectivity index (χ0n) is 12.7. The van der Waals surface area contributed by atoms with Gasteiger partial charge in [-0.05, 0) is 11.6 Å². The molecule has 0 atom stereocenters. The van der Waals surface area contributed by atoms with Crippen molar-refractivity contribution in [3.05, 3.63) is 63.3 Å². The molecule has 0 fully saturated rings. The summed E-state index contributed by atoms with van der Waals surface area (Å²) < 4.78 is 1.52. The molecule has 0 bridgehead atoms. The third-order valence-corrected chi connectivity index (χ3v) is 4.94. The van der Waals surface area contributed by atoms with Gasteiger partial charge in [0.15, 0.2) is 5.65 Å². The van der Waals surface area contributed by atoms with Crippen molar-refractivity contribution < 1.29 is 0 Å². The highest BCUT2D eigenvalue weighted by Crippen LogP contribution is 2.33. The van der Waals surface area contributed by atoms with Crippen LogP contribution < -0.4 is 11.3 Å². The minimum absolute atomic E-state index is 0.138. The molecule has 118 valence electrons. The maximum Gasteiger partial charge on any atom is 0.282 e. The first kappa shape index (κ1) is 14.9. The third kappa shape index (κ3) is 2.08. The lowest BCUT2D eigenvalue weighted by Gasteiger charge is -2.09. The molecule has 2 N–H and O–H groups in total. The van der Waals surface area contributed by atoms with Crippen LogP contribution in [0, 0.1) is 22.7 Å². The number of aromatic nitrogens is 2. The van der Waals surface area contributed by atoms with Crippen molar-refractivity contribution in [1.82, 2.24) is 9.38 Å². The van der Waals surface area contributed by atoms with Crippen molar-refractivity contribution in [2.45, 2.75) is 0 Å². The van der Waals surface area contributed by atoms with Crippen LogP contribution >= 0.6 is 11.3 Å². The summed E-state index contributed by atoms with van der Waals surface area (Å²) in [5.41, 5.74) is 7.82. The van der Waals surface area contributed by atoms with Crippen LogP contribution in [0.3, 0.4) is 0 Å². The highest BCUT2D eigenvalue weighted by Gasteiger charge is 2.19. The highest BCUT2D eigenvalue weighted by atomic mass is 32.1. The Morgan fingerprint density at radius 2 is 1.84 bits per heavy atom. The minimum atomic E-state index is -0.421. The average molecular weight is 343 g/mol. The van der Waals surface area contributed by atoms with E-state index in [-0.39, 0.29) is 22.6 Å². The van der Waals surface area contributed by atoms with Gasteiger partial charge in [-0.25, -0.2) is 0 Å². The Balaban J connectivity index is 2.23. The van der Waals surface area contributed by atoms with Crippen molar-refractivity contribution in [1.29, 1.82) is 10.5 Å². The predicted molar refractivity (Wildman–Crippen MR) is 96.1 cm³/mol. The van der Waals surface area contributed by atoms with Crippen LogP contribution in [-0.4, -0.2) is 9.38 Å². The first-order valence-electron chi connectivity index (χ1n) is 7.27. The fourth-order valence-electron chi connectivity index (χ4n) is 2.83. The number of nitrogens with two attached hydrogens (primary N) is 1. The summed E-state index contributed by atoms with van der Waals surface area (Å²) in [6, 6.07) is 14.8. The molecule has 4 aromatic rings. The SMILES string of the molecule is N#Cc1cc(C#N)c2nc(=O)c3c(-c4ccccc4)csc3n2c1N. The summed E-state index contributed by atoms with van der Waals surface area (Å²) in [5, 5.41) is 20.9. The monoisotopic (exact) mass is 343 g/mol. The van der Waals surface area contributed by atoms with Crippen LogP contribution in [0.15, 0.2) is 46.6 Å². The Bertz CT molecular complexity index is 1290. The molecule has 7 heteroatoms. The van der Waals surface area contributed by atoms with Gasteiger partial charge < -0.3 is 5.73 Å². The molecule has 3 heterocycles. The summed E-state index contributed by atoms with van der Waals surface area (Å²) in [6.07, 6.45) is 0. The van der Waals surface area contributed by atoms with Gasteiger partial charge in [0.25, 0.3) is 5.56 Å². The van der Waals surface area contributed by atoms with E-state index >= 15 is 0 Å². The quantitative estimate of drug-likeness (QED) is 0.571. The number of hydrogen-bond acceptors (Lipinski definition) is 6. The molecule has 4 rings (SSSR count). The van der Waals surface area contributed by atoms with Crippen LogP contribution in [0.2, 0.25) is 0 Å². The molecule has 0 radical (unpaired) electrons. The molecule has 0 amide bonds. The molecule has 0 aliphatic heterocycles. The molecule has 0 aliphatic carbocycles. The Morgan fingerprint density at radius 1 is 1.12 bits per heavy atom. The van der Waals surface area contributed by atoms with E-state index in [1.807, 2.05) is 47.9 Å². The van der Waals surface area contributed by atoms with E-state index in [1.54, 1.807) is 0 Å². The molecular weight excluding hydrogens is 334 g/mol. The summed E-state index contributed by atoms with van der Waals surface area (Å²) in [6.45, 7) is 0. The first-order chi connectivity index (χ1) is 12.2. The number of thiophene rings is 1. The van der Waals surface area contributed by atoms with Crippen molar-refractivity contribution in [2.24, 2.45) is 0 Å². The lowest BCUT2D eigenvalue weighted by molar-refractivity contribution is 1.14. The number of hydrogen-bond donors (Lipinski definition) is 1. The maximum absolute atomic E-state index is 12.6. The second-order valence-corrected chi connectivity index (χ2v) is 6.21. The summed E-state index contributed by atoms with van der Waals surface area (Å²) >= 11 is 1.33. The topological polar surface area (TPSA) is 108 Å². The fourth-order valence-corrected chi connectivity index (χ4v) is 3.92. The van der Waals surface area contributed by atoms with Crippen molar-refractivity contribution in [2.75, 3.05) is 5.73 Å². The summed E-state index contributed by atoms with van der Waals surface area (Å²) in [5.74, 6) is 0.162. The number of anilines is 1. The van der Waals surface area contributed by atoms with Gasteiger partial charge >= 0.3 is 0 Å². The Hall–Kier alpha value is -3.68. The fraction of sp³-hybridized carbons (Fsp3) is 0. The number of benzene rings is 1. The molecule has 0 aliphatic rings. The summed E-state index contributed by atoms with van der Waals surface area (Å²) in [4.78, 5) is 17.3. The largest absolute Gasteiger partial charge is 0.384 e. The minimum Gasteiger partial charge on any atom is -0.384 e. The molecule has 0 saturated heterocycles. The zero-order chi connectivity index (χ0) is 17.6. The molecule has 25 heavy (non-hydrogen) atoms. The van der Waals surface area contributed by atoms with Crippen molar-refractivity contribution >= 4 is 33.0 Å². The van der Waals surface area contributed by atoms with E-state index in [1.165, 1.54) is 21.8 Å². The van der Waals surface area contributed by atoms with Gasteiger partial charge in [0.1, 0.15) is 22.8 Å². The normalized spacial score (nSPS) is 10.6. The van der Waals surface area contributed by atoms with Gasteiger partial charge in [0, 0.05) is 10.9 Å². The van der Waals surface area contributed by atoms with Crippen LogP contribution in [0.4, 0.5) is 5.82 Å². The second-order valence-electron chi connectivity index (χ2n) is 5.35. The Labute approximate surface area is 145 Å². The molecular formula is C18H9N5OS. The van der Waals surface area contributed by atoms with Gasteiger partial charge in [0.2, 0.25) is 0 Å². The lowest BCUT2D eigenvalue weighted by Crippen LogP contribution is -2.14. The molecule has 1 aromatic carbocycles. The Kier molecular flexibility index (Phi) is 3.24. The molecule has 0 spiro atoms. The number of rotatable bonds is 1. The Morgan fingerprint density at radius 3 is 2.52 bits per heavy atom. The second kappa shape index (κ2) is 5.45. The molecule has 0 unspecified atom stereocenters. The van der Waals surface area contributed by atoms with Gasteiger partial charge in [-0.3, -0.25) is 9.20 Å². The number of pyridine rings is 1. The van der Waals surface area contributed by atoms with Crippen LogP contribution in [0.1, 0.15) is 11.1 Å². The van der Waals surface area contributed by atoms with Gasteiger partial charge in [-0.15, -0.1) is 11.3 Å². The third-order valence-electron chi connectivity index (χ3n) is 3.98. The molecule has 0 saturated carbocycles. The number of fused-ring (bicyclic) bond motifs is 3. The van der Waals surface area contributed by atoms with Crippen LogP contribution in [0.25, 0.3) is 27.0 Å². The maximum atomic E-state index is 12.6. The van der Waals surface area contributed by atoms with E-state index in [0.29, 0.717) is 10.2 Å². The smallest absolute Gasteiger partial charge is 0.282 e. The summed E-state index contributed by atoms with van der Waals surface area (Å²) in [7, 11) is 0. The lowest BCUT2D eigenvalue weighted by atomic mass is 10.1. The number of nitrogen functional groups attached to an aromatic ring is 1. The van der Waals surface area contributed by atoms with Gasteiger partial charge in [-0.2, -0.15) is 15.5 Å². The van der Waals surface area contributed by atoms with E-state index in [0.717, 1.165) is 11.1 Å². The first-order valence-corrected chi connectivity index (χ1v) is 8.15. The highest BCUT2D eigenvalue weighted by molar-refractivity contribution is 7.17. The van der Waals surface area contributed by atoms with Crippen LogP contribution in [-0.2, 0) is 0 Å². The average Bonchev–Trinajstić information content (AvgIpc) is 3.08. The standard InChI is InChI=1S/C18H9N5OS/c19-7-11-6-12(8-20)16-22-17(24)14-13(10-4-2-1-3-5-10)9-25-18(14)23(16)15(11)21/h1-6,9H,21H2. The van der Waals surface area contributed by atoms with E-state index in [9.17, 15) is 15.3 Å². The van der Waals surface area contributed by atoms with E-state index in [4.69, 9.17) is 5.73 Å². The van der Waals surface area contributed by atoms with Crippen molar-refractivity contribution in [3.8, 4) is 23.3 Å². The van der Waals surface area contributed by atoms with Crippen molar-refractivity contribution in [3.63, 3.8) is 0 Å². The number of nitrogens with zero attached hydrogens (tertiary/aromatic N) is 4. The van der Waals surface area contributed by atoms with Gasteiger partial charge in [-0.1, -0.05) is 30.3 Å². The van der Waals surface area contributed by atoms with Crippen LogP contribution in [0.5, 0.6) is 0 Å². The van der Waals surface area contributed by atoms with E-state index < -0.39 is 5.56 Å². The molecule has 3 aromatic heterocycles. The zero-order valence-corrected chi connectivity index (χ0v) is 13.5. The van der Waals surface area contributed by atoms with Gasteiger partial charge in [0.05, 0.1) is 16.5 Å². The number of nitriles is 2.